The summed E-state index contributed by atoms with van der Waals surface area (Å²) >= 11 is 0. The van der Waals surface area contributed by atoms with Crippen LogP contribution < -0.4 is 25.4 Å². The average molecular weight is 857 g/mol. The average Bonchev–Trinajstić information content (AvgIpc) is 3.70. The van der Waals surface area contributed by atoms with Crippen molar-refractivity contribution in [2.24, 2.45) is 0 Å². The second-order valence-corrected chi connectivity index (χ2v) is 28.4. The number of fused-ring (bicyclic) bond motifs is 9. The number of hydrogen-bond acceptors (Lipinski definition) is 3. The molecule has 1 aliphatic heterocycles. The lowest BCUT2D eigenvalue weighted by atomic mass is 9.89. The molecular formula is C59H48N2OSi2. The van der Waals surface area contributed by atoms with E-state index in [2.05, 4.69) is 237 Å². The summed E-state index contributed by atoms with van der Waals surface area (Å²) in [6, 6.07) is 74.3. The summed E-state index contributed by atoms with van der Waals surface area (Å²) in [6.07, 6.45) is 0. The molecule has 1 aliphatic rings. The number of para-hydroxylation sites is 3. The molecule has 12 rings (SSSR count). The van der Waals surface area contributed by atoms with E-state index in [4.69, 9.17) is 4.42 Å². The molecule has 0 amide bonds. The Kier molecular flexibility index (Phi) is 8.68. The van der Waals surface area contributed by atoms with Crippen LogP contribution in [0.25, 0.3) is 65.4 Å². The minimum absolute atomic E-state index is 0.882. The Bertz CT molecular complexity index is 3630. The van der Waals surface area contributed by atoms with Crippen LogP contribution in [0.1, 0.15) is 0 Å². The largest absolute Gasteiger partial charge is 0.456 e. The van der Waals surface area contributed by atoms with Crippen molar-refractivity contribution in [3.05, 3.63) is 200 Å². The third-order valence-corrected chi connectivity index (χ3v) is 19.3. The van der Waals surface area contributed by atoms with E-state index in [1.807, 2.05) is 6.07 Å². The van der Waals surface area contributed by atoms with Crippen molar-refractivity contribution in [2.75, 3.05) is 9.80 Å². The highest BCUT2D eigenvalue weighted by atomic mass is 28.3. The molecule has 308 valence electrons. The van der Waals surface area contributed by atoms with Gasteiger partial charge in [-0.3, -0.25) is 0 Å². The Labute approximate surface area is 376 Å². The summed E-state index contributed by atoms with van der Waals surface area (Å²) in [6.45, 7) is 12.3. The van der Waals surface area contributed by atoms with Crippen LogP contribution in [-0.4, -0.2) is 16.1 Å². The van der Waals surface area contributed by atoms with E-state index < -0.39 is 16.1 Å². The zero-order valence-corrected chi connectivity index (χ0v) is 38.9. The van der Waals surface area contributed by atoms with E-state index >= 15 is 0 Å². The van der Waals surface area contributed by atoms with Gasteiger partial charge in [0.2, 0.25) is 0 Å². The molecule has 0 saturated carbocycles. The second-order valence-electron chi connectivity index (χ2n) is 19.0. The van der Waals surface area contributed by atoms with Gasteiger partial charge >= 0.3 is 0 Å². The first-order valence-electron chi connectivity index (χ1n) is 22.4. The first kappa shape index (κ1) is 38.5. The van der Waals surface area contributed by atoms with Crippen molar-refractivity contribution in [3.8, 4) is 11.1 Å². The zero-order chi connectivity index (χ0) is 43.3. The van der Waals surface area contributed by atoms with Gasteiger partial charge in [-0.1, -0.05) is 153 Å². The summed E-state index contributed by atoms with van der Waals surface area (Å²) in [5.74, 6) is 0. The highest BCUT2D eigenvalue weighted by molar-refractivity contribution is 7.03. The number of rotatable bonds is 7. The lowest BCUT2D eigenvalue weighted by Crippen LogP contribution is -2.56. The Hall–Kier alpha value is -7.19. The topological polar surface area (TPSA) is 19.6 Å². The predicted octanol–water partition coefficient (Wildman–Crippen LogP) is 15.3. The van der Waals surface area contributed by atoms with Gasteiger partial charge in [-0.2, -0.15) is 0 Å². The summed E-state index contributed by atoms with van der Waals surface area (Å²) in [5, 5.41) is 14.4. The molecule has 5 heteroatoms. The van der Waals surface area contributed by atoms with Gasteiger partial charge in [-0.25, -0.2) is 0 Å². The van der Waals surface area contributed by atoms with Crippen LogP contribution >= 0.6 is 0 Å². The fourth-order valence-corrected chi connectivity index (χ4v) is 14.8. The van der Waals surface area contributed by atoms with Gasteiger partial charge in [0.25, 0.3) is 0 Å². The number of hydrogen-bond donors (Lipinski definition) is 0. The Morgan fingerprint density at radius 3 is 1.67 bits per heavy atom. The van der Waals surface area contributed by atoms with Crippen molar-refractivity contribution in [1.29, 1.82) is 0 Å². The van der Waals surface area contributed by atoms with Crippen molar-refractivity contribution in [3.63, 3.8) is 0 Å². The Morgan fingerprint density at radius 1 is 0.375 bits per heavy atom. The minimum Gasteiger partial charge on any atom is -0.456 e. The number of anilines is 6. The quantitative estimate of drug-likeness (QED) is 0.118. The van der Waals surface area contributed by atoms with Crippen LogP contribution in [0.15, 0.2) is 205 Å². The fraction of sp³-hybridized carbons (Fsp3) is 0.0847. The number of benzene rings is 10. The Balaban J connectivity index is 1.08. The van der Waals surface area contributed by atoms with Crippen LogP contribution in [0.2, 0.25) is 32.7 Å². The second kappa shape index (κ2) is 14.4. The van der Waals surface area contributed by atoms with E-state index in [0.717, 1.165) is 44.7 Å². The van der Waals surface area contributed by atoms with Gasteiger partial charge in [-0.05, 0) is 127 Å². The van der Waals surface area contributed by atoms with Crippen LogP contribution in [-0.2, 0) is 0 Å². The normalized spacial score (nSPS) is 13.2. The highest BCUT2D eigenvalue weighted by Gasteiger charge is 2.37. The van der Waals surface area contributed by atoms with Crippen LogP contribution in [0.4, 0.5) is 34.1 Å². The molecule has 0 saturated heterocycles. The summed E-state index contributed by atoms with van der Waals surface area (Å²) < 4.78 is 6.48. The van der Waals surface area contributed by atoms with Gasteiger partial charge in [0.15, 0.2) is 0 Å². The van der Waals surface area contributed by atoms with E-state index in [1.54, 1.807) is 0 Å². The van der Waals surface area contributed by atoms with Gasteiger partial charge in [-0.15, -0.1) is 0 Å². The summed E-state index contributed by atoms with van der Waals surface area (Å²) in [5.41, 5.74) is 11.3. The zero-order valence-electron chi connectivity index (χ0n) is 36.9. The first-order chi connectivity index (χ1) is 31.1. The predicted molar refractivity (Wildman–Crippen MR) is 281 cm³/mol. The lowest BCUT2D eigenvalue weighted by molar-refractivity contribution is 0.669. The van der Waals surface area contributed by atoms with Crippen molar-refractivity contribution < 1.29 is 4.42 Å². The number of furan rings is 1. The van der Waals surface area contributed by atoms with E-state index in [-0.39, 0.29) is 0 Å². The molecule has 0 spiro atoms. The molecule has 0 bridgehead atoms. The standard InChI is InChI=1S/C59H48N2OSi2/c1-63(2,3)44-31-27-41(28-32-44)60(39-17-8-6-9-18-39)43-30-34-49-53-37-51-45-21-12-13-22-46(45)54(38-52(51)50-24-16-26-57(59(50)53)64(4,5)58(49)36-43)61(40-19-10-7-11-20-40)42-29-33-48-47-23-14-15-25-55(47)62-56(48)35-42/h6-38H,1-5H3. The molecule has 3 nitrogen and oxygen atoms in total. The lowest BCUT2D eigenvalue weighted by Gasteiger charge is -2.36. The third-order valence-electron chi connectivity index (χ3n) is 13.8. The van der Waals surface area contributed by atoms with Gasteiger partial charge in [0.1, 0.15) is 19.2 Å². The maximum absolute atomic E-state index is 6.48. The molecule has 11 aromatic rings. The first-order valence-corrected chi connectivity index (χ1v) is 28.9. The van der Waals surface area contributed by atoms with Crippen molar-refractivity contribution in [2.45, 2.75) is 32.7 Å². The molecule has 2 heterocycles. The van der Waals surface area contributed by atoms with Crippen molar-refractivity contribution >= 4 is 120 Å². The molecule has 0 radical (unpaired) electrons. The number of nitrogens with zero attached hydrogens (tertiary/aromatic N) is 2. The van der Waals surface area contributed by atoms with Crippen molar-refractivity contribution in [1.82, 2.24) is 0 Å². The molecule has 0 fully saturated rings. The molecule has 64 heavy (non-hydrogen) atoms. The highest BCUT2D eigenvalue weighted by Crippen LogP contribution is 2.47. The molecule has 0 unspecified atom stereocenters. The SMILES string of the molecule is C[Si](C)(C)c1ccc(N(c2ccccc2)c2ccc3c(c2)[Si](C)(C)c2cccc4c2c-3cc2c3ccccc3c(N(c3ccccc3)c3ccc5c(c3)oc3ccccc35)cc42)cc1. The summed E-state index contributed by atoms with van der Waals surface area (Å²) in [7, 11) is -3.69. The van der Waals surface area contributed by atoms with Crippen LogP contribution in [0.3, 0.4) is 0 Å². The fourth-order valence-electron chi connectivity index (χ4n) is 10.5. The van der Waals surface area contributed by atoms with E-state index in [0.29, 0.717) is 0 Å². The smallest absolute Gasteiger partial charge is 0.137 e. The monoisotopic (exact) mass is 856 g/mol. The van der Waals surface area contributed by atoms with Crippen LogP contribution in [0, 0.1) is 0 Å². The maximum Gasteiger partial charge on any atom is 0.137 e. The summed E-state index contributed by atoms with van der Waals surface area (Å²) in [4.78, 5) is 4.85. The molecule has 10 aromatic carbocycles. The molecule has 1 aromatic heterocycles. The Morgan fingerprint density at radius 2 is 0.938 bits per heavy atom. The molecule has 0 N–H and O–H groups in total. The minimum atomic E-state index is -2.24. The van der Waals surface area contributed by atoms with E-state index in [1.165, 1.54) is 70.4 Å². The van der Waals surface area contributed by atoms with Gasteiger partial charge in [0.05, 0.1) is 13.8 Å². The van der Waals surface area contributed by atoms with Crippen LogP contribution in [0.5, 0.6) is 0 Å². The third kappa shape index (κ3) is 5.99. The maximum atomic E-state index is 6.48. The molecule has 0 atom stereocenters. The van der Waals surface area contributed by atoms with Gasteiger partial charge < -0.3 is 14.2 Å². The molecular weight excluding hydrogens is 809 g/mol. The molecule has 0 aliphatic carbocycles. The van der Waals surface area contributed by atoms with E-state index in [9.17, 15) is 0 Å². The van der Waals surface area contributed by atoms with Gasteiger partial charge in [0, 0.05) is 50.7 Å².